The lowest BCUT2D eigenvalue weighted by molar-refractivity contribution is -0.141. The Morgan fingerprint density at radius 1 is 1.65 bits per heavy atom. The van der Waals surface area contributed by atoms with Crippen LogP contribution in [0.3, 0.4) is 0 Å². The van der Waals surface area contributed by atoms with E-state index in [0.29, 0.717) is 18.8 Å². The van der Waals surface area contributed by atoms with E-state index in [1.165, 1.54) is 4.90 Å². The first kappa shape index (κ1) is 14.1. The summed E-state index contributed by atoms with van der Waals surface area (Å²) in [6, 6.07) is -1.06. The summed E-state index contributed by atoms with van der Waals surface area (Å²) in [5, 5.41) is 11.7. The number of carbonyl (C=O) groups excluding carboxylic acids is 1. The number of hydrogen-bond donors (Lipinski definition) is 2. The lowest BCUT2D eigenvalue weighted by Crippen LogP contribution is -2.54. The van der Waals surface area contributed by atoms with Crippen molar-refractivity contribution >= 4 is 23.8 Å². The molecule has 7 heteroatoms. The molecule has 0 bridgehead atoms. The van der Waals surface area contributed by atoms with E-state index in [1.807, 2.05) is 6.92 Å². The van der Waals surface area contributed by atoms with Gasteiger partial charge in [0.25, 0.3) is 0 Å². The monoisotopic (exact) mass is 262 g/mol. The summed E-state index contributed by atoms with van der Waals surface area (Å²) in [5.74, 6) is 0.270. The third kappa shape index (κ3) is 4.08. The van der Waals surface area contributed by atoms with Crippen LogP contribution in [0.2, 0.25) is 0 Å². The molecule has 2 amide bonds. The molecule has 0 aliphatic carbocycles. The van der Waals surface area contributed by atoms with Gasteiger partial charge in [0.05, 0.1) is 6.10 Å². The highest BCUT2D eigenvalue weighted by molar-refractivity contribution is 7.99. The van der Waals surface area contributed by atoms with Gasteiger partial charge in [0, 0.05) is 31.7 Å². The van der Waals surface area contributed by atoms with E-state index in [0.717, 1.165) is 5.75 Å². The Morgan fingerprint density at radius 2 is 2.35 bits per heavy atom. The molecule has 0 saturated carbocycles. The molecule has 1 fully saturated rings. The standard InChI is InChI=1S/C10H18N2O4S/c1-7(16-2)5-11-10(15)12-3-4-17-6-8(12)9(13)14/h7-8H,3-6H2,1-2H3,(H,11,15)(H,13,14). The van der Waals surface area contributed by atoms with Crippen molar-refractivity contribution in [1.82, 2.24) is 10.2 Å². The van der Waals surface area contributed by atoms with Gasteiger partial charge in [-0.25, -0.2) is 9.59 Å². The molecule has 1 aliphatic rings. The molecule has 1 aliphatic heterocycles. The fourth-order valence-electron chi connectivity index (χ4n) is 1.47. The first-order valence-corrected chi connectivity index (χ1v) is 6.59. The highest BCUT2D eigenvalue weighted by atomic mass is 32.2. The predicted molar refractivity (Wildman–Crippen MR) is 65.3 cm³/mol. The Balaban J connectivity index is 2.50. The minimum absolute atomic E-state index is 0.0820. The molecule has 98 valence electrons. The van der Waals surface area contributed by atoms with Crippen molar-refractivity contribution in [3.05, 3.63) is 0 Å². The van der Waals surface area contributed by atoms with Gasteiger partial charge in [-0.2, -0.15) is 11.8 Å². The molecule has 17 heavy (non-hydrogen) atoms. The maximum absolute atomic E-state index is 11.8. The summed E-state index contributed by atoms with van der Waals surface area (Å²) >= 11 is 1.55. The van der Waals surface area contributed by atoms with E-state index in [1.54, 1.807) is 18.9 Å². The van der Waals surface area contributed by atoms with E-state index < -0.39 is 12.0 Å². The average molecular weight is 262 g/mol. The Hall–Kier alpha value is -0.950. The van der Waals surface area contributed by atoms with Crippen molar-refractivity contribution in [2.45, 2.75) is 19.1 Å². The third-order valence-corrected chi connectivity index (χ3v) is 3.64. The molecule has 2 unspecified atom stereocenters. The number of aliphatic carboxylic acids is 1. The maximum atomic E-state index is 11.8. The Morgan fingerprint density at radius 3 is 2.94 bits per heavy atom. The molecule has 0 aromatic carbocycles. The van der Waals surface area contributed by atoms with Gasteiger partial charge >= 0.3 is 12.0 Å². The lowest BCUT2D eigenvalue weighted by atomic mass is 10.3. The van der Waals surface area contributed by atoms with Gasteiger partial charge in [0.1, 0.15) is 6.04 Å². The molecule has 6 nitrogen and oxygen atoms in total. The van der Waals surface area contributed by atoms with Crippen LogP contribution >= 0.6 is 11.8 Å². The number of amides is 2. The second-order valence-electron chi connectivity index (χ2n) is 3.85. The van der Waals surface area contributed by atoms with Crippen LogP contribution in [0.4, 0.5) is 4.79 Å². The number of rotatable bonds is 4. The Labute approximate surface area is 105 Å². The summed E-state index contributed by atoms with van der Waals surface area (Å²) < 4.78 is 5.01. The van der Waals surface area contributed by atoms with Crippen LogP contribution in [-0.2, 0) is 9.53 Å². The van der Waals surface area contributed by atoms with Gasteiger partial charge in [0.2, 0.25) is 0 Å². The van der Waals surface area contributed by atoms with E-state index >= 15 is 0 Å². The van der Waals surface area contributed by atoms with Crippen molar-refractivity contribution in [2.24, 2.45) is 0 Å². The quantitative estimate of drug-likeness (QED) is 0.758. The zero-order chi connectivity index (χ0) is 12.8. The highest BCUT2D eigenvalue weighted by Crippen LogP contribution is 2.16. The third-order valence-electron chi connectivity index (χ3n) is 2.62. The van der Waals surface area contributed by atoms with Gasteiger partial charge in [-0.1, -0.05) is 0 Å². The van der Waals surface area contributed by atoms with Crippen molar-refractivity contribution in [2.75, 3.05) is 31.7 Å². The molecule has 1 rings (SSSR count). The molecule has 1 saturated heterocycles. The van der Waals surface area contributed by atoms with Crippen LogP contribution in [-0.4, -0.2) is 65.9 Å². The first-order valence-electron chi connectivity index (χ1n) is 5.44. The lowest BCUT2D eigenvalue weighted by Gasteiger charge is -2.32. The highest BCUT2D eigenvalue weighted by Gasteiger charge is 2.32. The topological polar surface area (TPSA) is 78.9 Å². The number of urea groups is 1. The van der Waals surface area contributed by atoms with Crippen molar-refractivity contribution in [3.8, 4) is 0 Å². The SMILES string of the molecule is COC(C)CNC(=O)N1CCSCC1C(=O)O. The van der Waals surface area contributed by atoms with Crippen LogP contribution in [0.1, 0.15) is 6.92 Å². The van der Waals surface area contributed by atoms with Crippen LogP contribution in [0, 0.1) is 0 Å². The Kier molecular flexibility index (Phi) is 5.57. The second kappa shape index (κ2) is 6.70. The average Bonchev–Trinajstić information content (AvgIpc) is 2.35. The number of nitrogens with one attached hydrogen (secondary N) is 1. The summed E-state index contributed by atoms with van der Waals surface area (Å²) in [6.07, 6.45) is -0.0820. The fourth-order valence-corrected chi connectivity index (χ4v) is 2.51. The minimum atomic E-state index is -0.952. The second-order valence-corrected chi connectivity index (χ2v) is 5.00. The van der Waals surface area contributed by atoms with E-state index in [4.69, 9.17) is 9.84 Å². The normalized spacial score (nSPS) is 22.0. The summed E-state index contributed by atoms with van der Waals surface area (Å²) in [7, 11) is 1.56. The molecule has 2 N–H and O–H groups in total. The number of hydrogen-bond acceptors (Lipinski definition) is 4. The molecule has 2 atom stereocenters. The number of nitrogens with zero attached hydrogens (tertiary/aromatic N) is 1. The van der Waals surface area contributed by atoms with Gasteiger partial charge in [-0.15, -0.1) is 0 Å². The molecule has 0 radical (unpaired) electrons. The van der Waals surface area contributed by atoms with Crippen molar-refractivity contribution in [3.63, 3.8) is 0 Å². The minimum Gasteiger partial charge on any atom is -0.480 e. The van der Waals surface area contributed by atoms with Gasteiger partial charge in [-0.3, -0.25) is 0 Å². The van der Waals surface area contributed by atoms with E-state index in [9.17, 15) is 9.59 Å². The fraction of sp³-hybridized carbons (Fsp3) is 0.800. The van der Waals surface area contributed by atoms with Crippen LogP contribution < -0.4 is 5.32 Å². The Bertz CT molecular complexity index is 287. The van der Waals surface area contributed by atoms with Crippen molar-refractivity contribution < 1.29 is 19.4 Å². The molecular formula is C10H18N2O4S. The first-order chi connectivity index (χ1) is 8.06. The van der Waals surface area contributed by atoms with Crippen LogP contribution in [0.5, 0.6) is 0 Å². The zero-order valence-electron chi connectivity index (χ0n) is 10.0. The van der Waals surface area contributed by atoms with E-state index in [-0.39, 0.29) is 12.1 Å². The number of thioether (sulfide) groups is 1. The number of ether oxygens (including phenoxy) is 1. The molecule has 0 aromatic heterocycles. The van der Waals surface area contributed by atoms with Crippen LogP contribution in [0.15, 0.2) is 0 Å². The number of carboxylic acids is 1. The number of methoxy groups -OCH3 is 1. The molecular weight excluding hydrogens is 244 g/mol. The van der Waals surface area contributed by atoms with Gasteiger partial charge < -0.3 is 20.1 Å². The number of carboxylic acid groups (broad SMARTS) is 1. The summed E-state index contributed by atoms with van der Waals surface area (Å²) in [6.45, 7) is 2.68. The van der Waals surface area contributed by atoms with Crippen molar-refractivity contribution in [1.29, 1.82) is 0 Å². The molecule has 1 heterocycles. The van der Waals surface area contributed by atoms with Gasteiger partial charge in [-0.05, 0) is 6.92 Å². The van der Waals surface area contributed by atoms with Gasteiger partial charge in [0.15, 0.2) is 0 Å². The maximum Gasteiger partial charge on any atom is 0.327 e. The van der Waals surface area contributed by atoms with Crippen LogP contribution in [0.25, 0.3) is 0 Å². The molecule has 0 aromatic rings. The smallest absolute Gasteiger partial charge is 0.327 e. The summed E-state index contributed by atoms with van der Waals surface area (Å²) in [4.78, 5) is 24.2. The predicted octanol–water partition coefficient (Wildman–Crippen LogP) is 0.233. The summed E-state index contributed by atoms with van der Waals surface area (Å²) in [5.41, 5.74) is 0. The molecule has 0 spiro atoms. The van der Waals surface area contributed by atoms with E-state index in [2.05, 4.69) is 5.32 Å². The number of carbonyl (C=O) groups is 2. The largest absolute Gasteiger partial charge is 0.480 e. The zero-order valence-corrected chi connectivity index (χ0v) is 10.8.